The molecule has 1 aromatic rings. The van der Waals surface area contributed by atoms with Gasteiger partial charge in [0.1, 0.15) is 0 Å². The van der Waals surface area contributed by atoms with Crippen molar-refractivity contribution in [1.82, 2.24) is 9.63 Å². The smallest absolute Gasteiger partial charge is 0.333 e. The number of carbonyl (C=O) groups is 3. The number of imide groups is 1. The minimum Gasteiger partial charge on any atom is -0.768 e. The summed E-state index contributed by atoms with van der Waals surface area (Å²) < 4.78 is 22.1. The Bertz CT molecular complexity index is 815. The van der Waals surface area contributed by atoms with Gasteiger partial charge in [0.25, 0.3) is 11.8 Å². The van der Waals surface area contributed by atoms with E-state index in [1.165, 1.54) is 17.1 Å². The Labute approximate surface area is 176 Å². The van der Waals surface area contributed by atoms with Crippen LogP contribution in [-0.4, -0.2) is 52.9 Å². The van der Waals surface area contributed by atoms with Crippen molar-refractivity contribution in [3.63, 3.8) is 0 Å². The summed E-state index contributed by atoms with van der Waals surface area (Å²) in [6, 6.07) is 0.781. The molecule has 0 radical (unpaired) electrons. The Balaban J connectivity index is 1.50. The summed E-state index contributed by atoms with van der Waals surface area (Å²) in [6.45, 7) is 0.450. The van der Waals surface area contributed by atoms with Crippen LogP contribution in [-0.2, 0) is 25.5 Å². The maximum atomic E-state index is 11.8. The zero-order valence-electron chi connectivity index (χ0n) is 16.4. The number of hydrogen-bond acceptors (Lipinski definition) is 8. The molecule has 30 heavy (non-hydrogen) atoms. The van der Waals surface area contributed by atoms with Crippen LogP contribution in [0.25, 0.3) is 0 Å². The maximum Gasteiger partial charge on any atom is 0.333 e. The SMILES string of the molecule is O=C(CCCCCCCCCCN1C(=O)C=CC1=O)On1c(O)cc(S(=O)[O-])c1O. The van der Waals surface area contributed by atoms with Crippen LogP contribution >= 0.6 is 0 Å². The number of hydrogen-bond donors (Lipinski definition) is 2. The lowest BCUT2D eigenvalue weighted by atomic mass is 10.1. The second-order valence-electron chi connectivity index (χ2n) is 6.92. The topological polar surface area (TPSA) is 149 Å². The van der Waals surface area contributed by atoms with E-state index in [-0.39, 0.29) is 18.2 Å². The molecule has 1 unspecified atom stereocenters. The van der Waals surface area contributed by atoms with E-state index in [1.54, 1.807) is 0 Å². The zero-order valence-corrected chi connectivity index (χ0v) is 17.3. The van der Waals surface area contributed by atoms with E-state index < -0.39 is 33.7 Å². The third kappa shape index (κ3) is 6.70. The maximum absolute atomic E-state index is 11.8. The zero-order chi connectivity index (χ0) is 22.1. The normalized spacial score (nSPS) is 14.5. The first-order valence-electron chi connectivity index (χ1n) is 9.79. The van der Waals surface area contributed by atoms with Crippen LogP contribution < -0.4 is 4.84 Å². The Morgan fingerprint density at radius 2 is 1.50 bits per heavy atom. The van der Waals surface area contributed by atoms with Gasteiger partial charge in [-0.1, -0.05) is 38.5 Å². The van der Waals surface area contributed by atoms with E-state index in [4.69, 9.17) is 4.84 Å². The Morgan fingerprint density at radius 1 is 0.967 bits per heavy atom. The minimum absolute atomic E-state index is 0.0682. The minimum atomic E-state index is -2.77. The van der Waals surface area contributed by atoms with Crippen molar-refractivity contribution in [2.45, 2.75) is 62.7 Å². The predicted molar refractivity (Wildman–Crippen MR) is 104 cm³/mol. The van der Waals surface area contributed by atoms with E-state index >= 15 is 0 Å². The quantitative estimate of drug-likeness (QED) is 0.266. The van der Waals surface area contributed by atoms with Gasteiger partial charge in [0.15, 0.2) is 0 Å². The van der Waals surface area contributed by atoms with Gasteiger partial charge in [-0.3, -0.25) is 18.7 Å². The highest BCUT2D eigenvalue weighted by Crippen LogP contribution is 2.28. The van der Waals surface area contributed by atoms with Crippen molar-refractivity contribution in [1.29, 1.82) is 0 Å². The van der Waals surface area contributed by atoms with Crippen molar-refractivity contribution in [3.8, 4) is 11.8 Å². The summed E-state index contributed by atoms with van der Waals surface area (Å²) in [5.41, 5.74) is 0. The molecule has 10 nitrogen and oxygen atoms in total. The fraction of sp³-hybridized carbons (Fsp3) is 0.526. The van der Waals surface area contributed by atoms with Gasteiger partial charge in [-0.05, 0) is 23.9 Å². The molecule has 1 aliphatic rings. The monoisotopic (exact) mass is 441 g/mol. The molecule has 2 rings (SSSR count). The number of carbonyl (C=O) groups excluding carboxylic acids is 3. The van der Waals surface area contributed by atoms with E-state index in [1.807, 2.05) is 0 Å². The highest BCUT2D eigenvalue weighted by Gasteiger charge is 2.22. The van der Waals surface area contributed by atoms with E-state index in [2.05, 4.69) is 0 Å². The van der Waals surface area contributed by atoms with Crippen LogP contribution in [0, 0.1) is 0 Å². The fourth-order valence-corrected chi connectivity index (χ4v) is 3.49. The largest absolute Gasteiger partial charge is 0.768 e. The fourth-order valence-electron chi connectivity index (χ4n) is 3.06. The van der Waals surface area contributed by atoms with Gasteiger partial charge < -0.3 is 19.6 Å². The Morgan fingerprint density at radius 3 is 2.03 bits per heavy atom. The van der Waals surface area contributed by atoms with Crippen molar-refractivity contribution in [3.05, 3.63) is 18.2 Å². The van der Waals surface area contributed by atoms with Crippen LogP contribution in [0.3, 0.4) is 0 Å². The highest BCUT2D eigenvalue weighted by molar-refractivity contribution is 7.79. The summed E-state index contributed by atoms with van der Waals surface area (Å²) in [5.74, 6) is -2.73. The number of unbranched alkanes of at least 4 members (excludes halogenated alkanes) is 7. The van der Waals surface area contributed by atoms with Gasteiger partial charge in [-0.25, -0.2) is 4.79 Å². The van der Waals surface area contributed by atoms with Crippen LogP contribution in [0.4, 0.5) is 0 Å². The first-order chi connectivity index (χ1) is 14.3. The molecule has 0 saturated heterocycles. The lowest BCUT2D eigenvalue weighted by Gasteiger charge is -2.13. The molecule has 1 aliphatic heterocycles. The Kier molecular flexibility index (Phi) is 9.06. The Hall–Kier alpha value is -2.66. The third-order valence-electron chi connectivity index (χ3n) is 4.67. The van der Waals surface area contributed by atoms with Crippen molar-refractivity contribution < 1.29 is 38.2 Å². The molecule has 0 aromatic carbocycles. The van der Waals surface area contributed by atoms with Gasteiger partial charge >= 0.3 is 5.97 Å². The van der Waals surface area contributed by atoms with Gasteiger partial charge in [0.05, 0.1) is 4.90 Å². The molecule has 1 aromatic heterocycles. The average molecular weight is 441 g/mol. The molecule has 1 atom stereocenters. The first kappa shape index (κ1) is 23.6. The number of rotatable bonds is 13. The molecule has 11 heteroatoms. The molecule has 2 heterocycles. The summed E-state index contributed by atoms with van der Waals surface area (Å²) in [7, 11) is 0. The standard InChI is InChI=1S/C19H26N2O8S/c22-15-10-11-16(23)20(15)12-8-6-4-2-1-3-5-7-9-18(25)29-21-17(24)13-14(19(21)26)30(27)28/h10-11,13,24,26H,1-9,12H2,(H,27,28)/p-1. The van der Waals surface area contributed by atoms with Crippen molar-refractivity contribution >= 4 is 28.9 Å². The number of nitrogens with zero attached hydrogens (tertiary/aromatic N) is 2. The second-order valence-corrected chi connectivity index (χ2v) is 7.83. The van der Waals surface area contributed by atoms with Crippen LogP contribution in [0.5, 0.6) is 11.8 Å². The van der Waals surface area contributed by atoms with Crippen LogP contribution in [0.2, 0.25) is 0 Å². The lowest BCUT2D eigenvalue weighted by molar-refractivity contribution is -0.145. The van der Waals surface area contributed by atoms with Crippen molar-refractivity contribution in [2.75, 3.05) is 6.54 Å². The molecular weight excluding hydrogens is 416 g/mol. The lowest BCUT2D eigenvalue weighted by Crippen LogP contribution is -2.30. The molecule has 0 aliphatic carbocycles. The number of aromatic hydroxyl groups is 2. The van der Waals surface area contributed by atoms with Crippen LogP contribution in [0.1, 0.15) is 57.8 Å². The van der Waals surface area contributed by atoms with Crippen molar-refractivity contribution in [2.24, 2.45) is 0 Å². The van der Waals surface area contributed by atoms with E-state index in [0.29, 0.717) is 17.7 Å². The van der Waals surface area contributed by atoms with E-state index in [9.17, 15) is 33.4 Å². The second kappa shape index (κ2) is 11.5. The molecule has 0 fully saturated rings. The van der Waals surface area contributed by atoms with E-state index in [0.717, 1.165) is 51.0 Å². The van der Waals surface area contributed by atoms with Gasteiger partial charge in [-0.15, -0.1) is 4.73 Å². The molecule has 2 N–H and O–H groups in total. The first-order valence-corrected chi connectivity index (χ1v) is 10.9. The number of amides is 2. The summed E-state index contributed by atoms with van der Waals surface area (Å²) in [4.78, 5) is 40.0. The number of aromatic nitrogens is 1. The summed E-state index contributed by atoms with van der Waals surface area (Å²) in [6.07, 6.45) is 9.67. The van der Waals surface area contributed by atoms with Gasteiger partial charge in [-0.2, -0.15) is 0 Å². The molecule has 2 amide bonds. The molecule has 0 spiro atoms. The third-order valence-corrected chi connectivity index (χ3v) is 5.33. The average Bonchev–Trinajstić information content (AvgIpc) is 3.16. The predicted octanol–water partition coefficient (Wildman–Crippen LogP) is 1.53. The summed E-state index contributed by atoms with van der Waals surface area (Å²) >= 11 is -2.77. The molecule has 0 bridgehead atoms. The summed E-state index contributed by atoms with van der Waals surface area (Å²) in [5, 5.41) is 19.2. The van der Waals surface area contributed by atoms with Gasteiger partial charge in [0, 0.05) is 31.2 Å². The van der Waals surface area contributed by atoms with Crippen LogP contribution in [0.15, 0.2) is 23.1 Å². The molecule has 166 valence electrons. The van der Waals surface area contributed by atoms with Gasteiger partial charge in [0.2, 0.25) is 11.8 Å². The highest BCUT2D eigenvalue weighted by atomic mass is 32.2. The molecular formula is C19H25N2O8S-. The molecule has 0 saturated carbocycles.